The number of nitrogens with one attached hydrogen (secondary N) is 1. The minimum absolute atomic E-state index is 0. The molecule has 7 heteroatoms. The normalized spacial score (nSPS) is 13.0. The second-order valence-corrected chi connectivity index (χ2v) is 6.24. The summed E-state index contributed by atoms with van der Waals surface area (Å²) in [6.45, 7) is 6.34. The van der Waals surface area contributed by atoms with Gasteiger partial charge in [-0.25, -0.2) is 0 Å². The van der Waals surface area contributed by atoms with E-state index in [9.17, 15) is 4.79 Å². The van der Waals surface area contributed by atoms with Crippen molar-refractivity contribution in [3.63, 3.8) is 0 Å². The van der Waals surface area contributed by atoms with Gasteiger partial charge in [0, 0.05) is 18.5 Å². The molecular formula is C18H27ClN4O2. The van der Waals surface area contributed by atoms with Crippen molar-refractivity contribution in [1.82, 2.24) is 15.5 Å². The maximum absolute atomic E-state index is 12.1. The molecule has 0 spiro atoms. The number of rotatable bonds is 8. The van der Waals surface area contributed by atoms with Crippen LogP contribution in [0.25, 0.3) is 11.5 Å². The molecule has 25 heavy (non-hydrogen) atoms. The van der Waals surface area contributed by atoms with E-state index in [1.807, 2.05) is 38.1 Å². The van der Waals surface area contributed by atoms with Crippen molar-refractivity contribution < 1.29 is 9.32 Å². The van der Waals surface area contributed by atoms with Crippen LogP contribution in [0, 0.1) is 0 Å². The summed E-state index contributed by atoms with van der Waals surface area (Å²) in [5, 5.41) is 6.80. The Kier molecular flexibility index (Phi) is 8.06. The van der Waals surface area contributed by atoms with Crippen LogP contribution in [0.15, 0.2) is 28.8 Å². The molecule has 0 aliphatic heterocycles. The highest BCUT2D eigenvalue weighted by molar-refractivity contribution is 5.85. The molecule has 1 amide bonds. The quantitative estimate of drug-likeness (QED) is 0.749. The van der Waals surface area contributed by atoms with Gasteiger partial charge in [0.1, 0.15) is 0 Å². The summed E-state index contributed by atoms with van der Waals surface area (Å²) in [7, 11) is 0. The largest absolute Gasteiger partial charge is 0.354 e. The smallest absolute Gasteiger partial charge is 0.257 e. The van der Waals surface area contributed by atoms with Crippen LogP contribution in [0.4, 0.5) is 0 Å². The lowest BCUT2D eigenvalue weighted by Crippen LogP contribution is -2.51. The lowest BCUT2D eigenvalue weighted by Gasteiger charge is -2.22. The number of hydrogen-bond acceptors (Lipinski definition) is 5. The molecular weight excluding hydrogens is 340 g/mol. The van der Waals surface area contributed by atoms with Crippen molar-refractivity contribution in [3.05, 3.63) is 35.7 Å². The molecule has 1 aromatic heterocycles. The zero-order valence-corrected chi connectivity index (χ0v) is 15.9. The van der Waals surface area contributed by atoms with E-state index >= 15 is 0 Å². The van der Waals surface area contributed by atoms with Crippen LogP contribution in [-0.4, -0.2) is 28.1 Å². The van der Waals surface area contributed by atoms with Crippen LogP contribution < -0.4 is 11.1 Å². The van der Waals surface area contributed by atoms with Crippen molar-refractivity contribution in [1.29, 1.82) is 0 Å². The fraction of sp³-hybridized carbons (Fsp3) is 0.500. The predicted molar refractivity (Wildman–Crippen MR) is 101 cm³/mol. The summed E-state index contributed by atoms with van der Waals surface area (Å²) in [6, 6.07) is 7.92. The van der Waals surface area contributed by atoms with E-state index in [0.29, 0.717) is 24.7 Å². The summed E-state index contributed by atoms with van der Waals surface area (Å²) >= 11 is 0. The van der Waals surface area contributed by atoms with E-state index in [1.54, 1.807) is 6.92 Å². The SMILES string of the molecule is CCCC(C)(N)C(=O)NCCc1ccc(-c2nc(CC)no2)cc1.Cl. The first-order valence-electron chi connectivity index (χ1n) is 8.45. The number of amides is 1. The van der Waals surface area contributed by atoms with Gasteiger partial charge in [-0.05, 0) is 37.5 Å². The molecule has 0 fully saturated rings. The first-order chi connectivity index (χ1) is 11.5. The van der Waals surface area contributed by atoms with Crippen molar-refractivity contribution >= 4 is 18.3 Å². The number of carbonyl (C=O) groups excluding carboxylic acids is 1. The second kappa shape index (κ2) is 9.53. The lowest BCUT2D eigenvalue weighted by molar-refractivity contribution is -0.126. The maximum Gasteiger partial charge on any atom is 0.257 e. The predicted octanol–water partition coefficient (Wildman–Crippen LogP) is 2.90. The Bertz CT molecular complexity index is 668. The molecule has 0 radical (unpaired) electrons. The average Bonchev–Trinajstić information content (AvgIpc) is 3.04. The molecule has 0 saturated heterocycles. The van der Waals surface area contributed by atoms with Crippen LogP contribution in [0.1, 0.15) is 45.0 Å². The third-order valence-corrected chi connectivity index (χ3v) is 3.97. The van der Waals surface area contributed by atoms with Crippen LogP contribution in [0.2, 0.25) is 0 Å². The molecule has 1 heterocycles. The highest BCUT2D eigenvalue weighted by atomic mass is 35.5. The molecule has 0 aliphatic rings. The standard InChI is InChI=1S/C18H26N4O2.ClH/c1-4-11-18(3,19)17(23)20-12-10-13-6-8-14(9-7-13)16-21-15(5-2)22-24-16;/h6-9H,4-5,10-12,19H2,1-3H3,(H,20,23);1H. The molecule has 1 unspecified atom stereocenters. The lowest BCUT2D eigenvalue weighted by atomic mass is 9.96. The highest BCUT2D eigenvalue weighted by Gasteiger charge is 2.26. The molecule has 0 saturated carbocycles. The van der Waals surface area contributed by atoms with Crippen molar-refractivity contribution in [3.8, 4) is 11.5 Å². The van der Waals surface area contributed by atoms with E-state index in [0.717, 1.165) is 30.4 Å². The Morgan fingerprint density at radius 3 is 2.52 bits per heavy atom. The summed E-state index contributed by atoms with van der Waals surface area (Å²) in [6.07, 6.45) is 3.06. The van der Waals surface area contributed by atoms with Gasteiger partial charge in [-0.15, -0.1) is 12.4 Å². The number of benzene rings is 1. The Morgan fingerprint density at radius 2 is 1.96 bits per heavy atom. The van der Waals surface area contributed by atoms with E-state index < -0.39 is 5.54 Å². The molecule has 6 nitrogen and oxygen atoms in total. The minimum Gasteiger partial charge on any atom is -0.354 e. The zero-order chi connectivity index (χ0) is 17.6. The van der Waals surface area contributed by atoms with Gasteiger partial charge in [-0.3, -0.25) is 4.79 Å². The average molecular weight is 367 g/mol. The summed E-state index contributed by atoms with van der Waals surface area (Å²) in [5.41, 5.74) is 7.24. The van der Waals surface area contributed by atoms with Crippen LogP contribution in [0.3, 0.4) is 0 Å². The van der Waals surface area contributed by atoms with Crippen LogP contribution in [0.5, 0.6) is 0 Å². The molecule has 0 bridgehead atoms. The maximum atomic E-state index is 12.1. The Hall–Kier alpha value is -1.92. The molecule has 2 aromatic rings. The Balaban J connectivity index is 0.00000312. The summed E-state index contributed by atoms with van der Waals surface area (Å²) < 4.78 is 5.22. The second-order valence-electron chi connectivity index (χ2n) is 6.24. The Morgan fingerprint density at radius 1 is 1.28 bits per heavy atom. The summed E-state index contributed by atoms with van der Waals surface area (Å²) in [5.74, 6) is 1.14. The van der Waals surface area contributed by atoms with Gasteiger partial charge < -0.3 is 15.6 Å². The van der Waals surface area contributed by atoms with Crippen molar-refractivity contribution in [2.75, 3.05) is 6.54 Å². The number of nitrogens with zero attached hydrogens (tertiary/aromatic N) is 2. The fourth-order valence-electron chi connectivity index (χ4n) is 2.48. The monoisotopic (exact) mass is 366 g/mol. The molecule has 1 aromatic carbocycles. The van der Waals surface area contributed by atoms with Crippen LogP contribution >= 0.6 is 12.4 Å². The van der Waals surface area contributed by atoms with Gasteiger partial charge in [0.05, 0.1) is 5.54 Å². The number of aromatic nitrogens is 2. The van der Waals surface area contributed by atoms with Crippen molar-refractivity contribution in [2.45, 2.75) is 52.0 Å². The zero-order valence-electron chi connectivity index (χ0n) is 15.0. The van der Waals surface area contributed by atoms with Gasteiger partial charge >= 0.3 is 0 Å². The third-order valence-electron chi connectivity index (χ3n) is 3.97. The van der Waals surface area contributed by atoms with E-state index in [2.05, 4.69) is 15.5 Å². The van der Waals surface area contributed by atoms with Gasteiger partial charge in [0.15, 0.2) is 5.82 Å². The van der Waals surface area contributed by atoms with Gasteiger partial charge in [-0.2, -0.15) is 4.98 Å². The first kappa shape index (κ1) is 21.1. The first-order valence-corrected chi connectivity index (χ1v) is 8.45. The third kappa shape index (κ3) is 5.83. The molecule has 0 aliphatic carbocycles. The summed E-state index contributed by atoms with van der Waals surface area (Å²) in [4.78, 5) is 16.4. The molecule has 1 atom stereocenters. The fourth-order valence-corrected chi connectivity index (χ4v) is 2.48. The van der Waals surface area contributed by atoms with E-state index in [1.165, 1.54) is 0 Å². The number of hydrogen-bond donors (Lipinski definition) is 2. The topological polar surface area (TPSA) is 94.0 Å². The van der Waals surface area contributed by atoms with Gasteiger partial charge in [-0.1, -0.05) is 37.6 Å². The van der Waals surface area contributed by atoms with Crippen molar-refractivity contribution in [2.24, 2.45) is 5.73 Å². The van der Waals surface area contributed by atoms with E-state index in [4.69, 9.17) is 10.3 Å². The number of carbonyl (C=O) groups is 1. The number of aryl methyl sites for hydroxylation is 1. The molecule has 3 N–H and O–H groups in total. The van der Waals surface area contributed by atoms with Gasteiger partial charge in [0.2, 0.25) is 5.91 Å². The Labute approximate surface area is 155 Å². The molecule has 2 rings (SSSR count). The van der Waals surface area contributed by atoms with Gasteiger partial charge in [0.25, 0.3) is 5.89 Å². The minimum atomic E-state index is -0.798. The highest BCUT2D eigenvalue weighted by Crippen LogP contribution is 2.18. The molecule has 138 valence electrons. The van der Waals surface area contributed by atoms with Crippen LogP contribution in [-0.2, 0) is 17.6 Å². The number of halogens is 1. The number of nitrogens with two attached hydrogens (primary N) is 1. The van der Waals surface area contributed by atoms with E-state index in [-0.39, 0.29) is 18.3 Å².